The van der Waals surface area contributed by atoms with E-state index in [1.165, 1.54) is 6.42 Å². The molecule has 1 N–H and O–H groups in total. The van der Waals surface area contributed by atoms with E-state index >= 15 is 0 Å². The first kappa shape index (κ1) is 16.2. The lowest BCUT2D eigenvalue weighted by Crippen LogP contribution is -2.36. The molecule has 3 nitrogen and oxygen atoms in total. The minimum Gasteiger partial charge on any atom is -0.446 e. The second-order valence-electron chi connectivity index (χ2n) is 6.40. The monoisotopic (exact) mass is 309 g/mol. The summed E-state index contributed by atoms with van der Waals surface area (Å²) in [6, 6.07) is 7.04. The number of carbonyl (C=O) groups is 1. The van der Waals surface area contributed by atoms with Gasteiger partial charge in [0, 0.05) is 10.7 Å². The Kier molecular flexibility index (Phi) is 5.51. The average molecular weight is 310 g/mol. The van der Waals surface area contributed by atoms with Crippen molar-refractivity contribution < 1.29 is 9.53 Å². The zero-order valence-electron chi connectivity index (χ0n) is 12.9. The Balaban J connectivity index is 1.94. The van der Waals surface area contributed by atoms with E-state index in [0.29, 0.717) is 28.5 Å². The van der Waals surface area contributed by atoms with E-state index in [1.54, 1.807) is 24.3 Å². The lowest BCUT2D eigenvalue weighted by Gasteiger charge is -2.36. The second-order valence-corrected chi connectivity index (χ2v) is 6.84. The highest BCUT2D eigenvalue weighted by Gasteiger charge is 2.33. The van der Waals surface area contributed by atoms with Crippen LogP contribution in [0.2, 0.25) is 5.02 Å². The van der Waals surface area contributed by atoms with Crippen LogP contribution in [0.15, 0.2) is 24.3 Å². The molecule has 0 radical (unpaired) electrons. The number of carbonyl (C=O) groups excluding carboxylic acids is 1. The number of halogens is 1. The van der Waals surface area contributed by atoms with Gasteiger partial charge in [-0.25, -0.2) is 4.79 Å². The lowest BCUT2D eigenvalue weighted by atomic mass is 9.75. The van der Waals surface area contributed by atoms with Crippen LogP contribution in [0.4, 0.5) is 10.5 Å². The molecule has 1 aliphatic rings. The van der Waals surface area contributed by atoms with E-state index in [2.05, 4.69) is 26.1 Å². The summed E-state index contributed by atoms with van der Waals surface area (Å²) in [6.45, 7) is 6.63. The van der Waals surface area contributed by atoms with Gasteiger partial charge in [-0.3, -0.25) is 5.32 Å². The Morgan fingerprint density at radius 1 is 1.29 bits per heavy atom. The second kappa shape index (κ2) is 7.17. The molecule has 0 aliphatic heterocycles. The topological polar surface area (TPSA) is 38.3 Å². The largest absolute Gasteiger partial charge is 0.446 e. The molecule has 116 valence electrons. The first-order chi connectivity index (χ1) is 9.95. The van der Waals surface area contributed by atoms with Crippen molar-refractivity contribution >= 4 is 23.4 Å². The predicted octanol–water partition coefficient (Wildman–Crippen LogP) is 5.35. The number of amides is 1. The lowest BCUT2D eigenvalue weighted by molar-refractivity contribution is 0.0126. The minimum atomic E-state index is -0.373. The molecule has 1 aromatic rings. The van der Waals surface area contributed by atoms with Crippen molar-refractivity contribution in [1.82, 2.24) is 0 Å². The van der Waals surface area contributed by atoms with Gasteiger partial charge in [0.15, 0.2) is 0 Å². The molecule has 0 spiro atoms. The van der Waals surface area contributed by atoms with Crippen LogP contribution < -0.4 is 5.32 Å². The molecule has 1 aromatic carbocycles. The quantitative estimate of drug-likeness (QED) is 0.817. The summed E-state index contributed by atoms with van der Waals surface area (Å²) in [4.78, 5) is 12.1. The molecule has 0 bridgehead atoms. The van der Waals surface area contributed by atoms with E-state index in [1.807, 2.05) is 0 Å². The molecule has 3 atom stereocenters. The van der Waals surface area contributed by atoms with Crippen molar-refractivity contribution in [2.75, 3.05) is 5.32 Å². The Bertz CT molecular complexity index is 472. The van der Waals surface area contributed by atoms with Gasteiger partial charge in [0.05, 0.1) is 0 Å². The Labute approximate surface area is 132 Å². The van der Waals surface area contributed by atoms with Gasteiger partial charge in [0.2, 0.25) is 0 Å². The van der Waals surface area contributed by atoms with E-state index in [-0.39, 0.29) is 12.2 Å². The molecule has 1 aliphatic carbocycles. The summed E-state index contributed by atoms with van der Waals surface area (Å²) in [5.74, 6) is 1.61. The molecular formula is C17H24ClNO2. The maximum Gasteiger partial charge on any atom is 0.411 e. The molecule has 0 aromatic heterocycles. The van der Waals surface area contributed by atoms with Crippen LogP contribution in [-0.4, -0.2) is 12.2 Å². The van der Waals surface area contributed by atoms with Crippen LogP contribution in [0.5, 0.6) is 0 Å². The van der Waals surface area contributed by atoms with E-state index in [0.717, 1.165) is 12.8 Å². The van der Waals surface area contributed by atoms with Crippen molar-refractivity contribution in [2.24, 2.45) is 17.8 Å². The summed E-state index contributed by atoms with van der Waals surface area (Å²) < 4.78 is 5.69. The van der Waals surface area contributed by atoms with Crippen LogP contribution in [0, 0.1) is 17.8 Å². The van der Waals surface area contributed by atoms with E-state index in [9.17, 15) is 4.79 Å². The van der Waals surface area contributed by atoms with E-state index < -0.39 is 0 Å². The molecular weight excluding hydrogens is 286 g/mol. The smallest absolute Gasteiger partial charge is 0.411 e. The Hall–Kier alpha value is -1.22. The number of hydrogen-bond donors (Lipinski definition) is 1. The van der Waals surface area contributed by atoms with Crippen molar-refractivity contribution in [3.63, 3.8) is 0 Å². The van der Waals surface area contributed by atoms with Crippen LogP contribution in [0.25, 0.3) is 0 Å². The number of hydrogen-bond acceptors (Lipinski definition) is 2. The molecule has 1 amide bonds. The Morgan fingerprint density at radius 3 is 2.57 bits per heavy atom. The van der Waals surface area contributed by atoms with Gasteiger partial charge in [-0.2, -0.15) is 0 Å². The molecule has 21 heavy (non-hydrogen) atoms. The highest BCUT2D eigenvalue weighted by atomic mass is 35.5. The maximum absolute atomic E-state index is 12.1. The van der Waals surface area contributed by atoms with Crippen molar-refractivity contribution in [3.8, 4) is 0 Å². The predicted molar refractivity (Wildman–Crippen MR) is 86.7 cm³/mol. The van der Waals surface area contributed by atoms with Gasteiger partial charge < -0.3 is 4.74 Å². The van der Waals surface area contributed by atoms with Crippen LogP contribution in [0.1, 0.15) is 40.0 Å². The highest BCUT2D eigenvalue weighted by molar-refractivity contribution is 6.30. The fourth-order valence-corrected chi connectivity index (χ4v) is 3.19. The van der Waals surface area contributed by atoms with Crippen molar-refractivity contribution in [3.05, 3.63) is 29.3 Å². The third-order valence-corrected chi connectivity index (χ3v) is 4.56. The first-order valence-corrected chi connectivity index (χ1v) is 8.06. The standard InChI is InChI=1S/C17H24ClNO2/c1-11(2)15-9-4-12(3)10-16(15)21-17(20)19-14-7-5-13(18)6-8-14/h5-8,11-12,15-16H,4,9-10H2,1-3H3,(H,19,20). The SMILES string of the molecule is CC1CCC(C(C)C)C(OC(=O)Nc2ccc(Cl)cc2)C1. The molecule has 4 heteroatoms. The summed E-state index contributed by atoms with van der Waals surface area (Å²) in [5, 5.41) is 3.42. The number of anilines is 1. The van der Waals surface area contributed by atoms with Crippen LogP contribution in [-0.2, 0) is 4.74 Å². The van der Waals surface area contributed by atoms with Crippen molar-refractivity contribution in [2.45, 2.75) is 46.1 Å². The van der Waals surface area contributed by atoms with Gasteiger partial charge in [-0.1, -0.05) is 38.8 Å². The van der Waals surface area contributed by atoms with Gasteiger partial charge in [-0.05, 0) is 54.9 Å². The Morgan fingerprint density at radius 2 is 1.95 bits per heavy atom. The molecule has 1 saturated carbocycles. The van der Waals surface area contributed by atoms with Gasteiger partial charge in [-0.15, -0.1) is 0 Å². The zero-order valence-corrected chi connectivity index (χ0v) is 13.7. The fourth-order valence-electron chi connectivity index (χ4n) is 3.07. The average Bonchev–Trinajstić information content (AvgIpc) is 2.41. The fraction of sp³-hybridized carbons (Fsp3) is 0.588. The molecule has 2 rings (SSSR count). The number of benzene rings is 1. The van der Waals surface area contributed by atoms with Crippen molar-refractivity contribution in [1.29, 1.82) is 0 Å². The molecule has 0 heterocycles. The van der Waals surface area contributed by atoms with Gasteiger partial charge >= 0.3 is 6.09 Å². The summed E-state index contributed by atoms with van der Waals surface area (Å²) in [7, 11) is 0. The minimum absolute atomic E-state index is 0.0149. The van der Waals surface area contributed by atoms with Crippen LogP contribution >= 0.6 is 11.6 Å². The normalized spacial score (nSPS) is 25.7. The van der Waals surface area contributed by atoms with Crippen LogP contribution in [0.3, 0.4) is 0 Å². The molecule has 0 saturated heterocycles. The third kappa shape index (κ3) is 4.63. The van der Waals surface area contributed by atoms with E-state index in [4.69, 9.17) is 16.3 Å². The number of nitrogens with one attached hydrogen (secondary N) is 1. The molecule has 1 fully saturated rings. The van der Waals surface area contributed by atoms with Gasteiger partial charge in [0.25, 0.3) is 0 Å². The maximum atomic E-state index is 12.1. The molecule has 3 unspecified atom stereocenters. The third-order valence-electron chi connectivity index (χ3n) is 4.31. The number of ether oxygens (including phenoxy) is 1. The summed E-state index contributed by atoms with van der Waals surface area (Å²) in [5.41, 5.74) is 0.703. The zero-order chi connectivity index (χ0) is 15.4. The number of rotatable bonds is 3. The first-order valence-electron chi connectivity index (χ1n) is 7.69. The highest BCUT2D eigenvalue weighted by Crippen LogP contribution is 2.35. The summed E-state index contributed by atoms with van der Waals surface area (Å²) in [6.07, 6.45) is 2.96. The van der Waals surface area contributed by atoms with Gasteiger partial charge in [0.1, 0.15) is 6.10 Å². The summed E-state index contributed by atoms with van der Waals surface area (Å²) >= 11 is 5.83.